The highest BCUT2D eigenvalue weighted by Crippen LogP contribution is 2.25. The molecule has 2 aliphatic heterocycles. The number of amides is 1. The van der Waals surface area contributed by atoms with Gasteiger partial charge in [-0.05, 0) is 24.6 Å². The molecule has 0 radical (unpaired) electrons. The van der Waals surface area contributed by atoms with Gasteiger partial charge in [0.25, 0.3) is 5.91 Å². The third-order valence-corrected chi connectivity index (χ3v) is 6.70. The summed E-state index contributed by atoms with van der Waals surface area (Å²) in [7, 11) is -1.36. The molecule has 2 saturated heterocycles. The van der Waals surface area contributed by atoms with E-state index in [4.69, 9.17) is 16.3 Å². The lowest BCUT2D eigenvalue weighted by molar-refractivity contribution is 0.0585. The Morgan fingerprint density at radius 2 is 1.96 bits per heavy atom. The van der Waals surface area contributed by atoms with Crippen LogP contribution in [0.15, 0.2) is 18.2 Å². The van der Waals surface area contributed by atoms with Crippen LogP contribution in [0.2, 0.25) is 5.02 Å². The van der Waals surface area contributed by atoms with Crippen LogP contribution in [0.4, 0.5) is 0 Å². The van der Waals surface area contributed by atoms with Gasteiger partial charge in [0.1, 0.15) is 5.75 Å². The van der Waals surface area contributed by atoms with Crippen LogP contribution < -0.4 is 4.74 Å². The standard InChI is InChI=1S/C16H21ClN2O4S/c1-23-15-3-2-12(17)10-14(15)16(20)19-7-5-18(6-8-19)13-4-9-24(21,22)11-13/h2-3,10,13H,4-9,11H2,1H3. The zero-order chi connectivity index (χ0) is 17.3. The largest absolute Gasteiger partial charge is 0.496 e. The van der Waals surface area contributed by atoms with Gasteiger partial charge in [-0.25, -0.2) is 8.42 Å². The van der Waals surface area contributed by atoms with Gasteiger partial charge in [-0.1, -0.05) is 11.6 Å². The van der Waals surface area contributed by atoms with Crippen molar-refractivity contribution >= 4 is 27.3 Å². The first kappa shape index (κ1) is 17.5. The number of nitrogens with zero attached hydrogens (tertiary/aromatic N) is 2. The van der Waals surface area contributed by atoms with Crippen molar-refractivity contribution in [2.45, 2.75) is 12.5 Å². The van der Waals surface area contributed by atoms with Crippen molar-refractivity contribution < 1.29 is 17.9 Å². The lowest BCUT2D eigenvalue weighted by Crippen LogP contribution is -2.52. The predicted octanol–water partition coefficient (Wildman–Crippen LogP) is 1.29. The number of hydrogen-bond donors (Lipinski definition) is 0. The van der Waals surface area contributed by atoms with Crippen molar-refractivity contribution in [3.63, 3.8) is 0 Å². The quantitative estimate of drug-likeness (QED) is 0.800. The highest BCUT2D eigenvalue weighted by atomic mass is 35.5. The highest BCUT2D eigenvalue weighted by Gasteiger charge is 2.34. The van der Waals surface area contributed by atoms with E-state index in [0.717, 1.165) is 0 Å². The van der Waals surface area contributed by atoms with Gasteiger partial charge in [-0.15, -0.1) is 0 Å². The Morgan fingerprint density at radius 1 is 1.25 bits per heavy atom. The topological polar surface area (TPSA) is 66.9 Å². The van der Waals surface area contributed by atoms with Gasteiger partial charge in [0.05, 0.1) is 24.2 Å². The van der Waals surface area contributed by atoms with Gasteiger partial charge < -0.3 is 9.64 Å². The fourth-order valence-electron chi connectivity index (χ4n) is 3.37. The van der Waals surface area contributed by atoms with E-state index in [1.807, 2.05) is 0 Å². The minimum absolute atomic E-state index is 0.0907. The molecule has 0 spiro atoms. The molecule has 0 bridgehead atoms. The van der Waals surface area contributed by atoms with E-state index in [0.29, 0.717) is 48.9 Å². The summed E-state index contributed by atoms with van der Waals surface area (Å²) in [5.74, 6) is 0.918. The molecule has 1 unspecified atom stereocenters. The smallest absolute Gasteiger partial charge is 0.257 e. The van der Waals surface area contributed by atoms with Crippen LogP contribution >= 0.6 is 11.6 Å². The van der Waals surface area contributed by atoms with Gasteiger partial charge in [0, 0.05) is 37.2 Å². The minimum Gasteiger partial charge on any atom is -0.496 e. The Bertz CT molecular complexity index is 730. The molecule has 1 amide bonds. The number of carbonyl (C=O) groups is 1. The molecular formula is C16H21ClN2O4S. The molecular weight excluding hydrogens is 352 g/mol. The fraction of sp³-hybridized carbons (Fsp3) is 0.562. The van der Waals surface area contributed by atoms with E-state index in [-0.39, 0.29) is 23.5 Å². The SMILES string of the molecule is COc1ccc(Cl)cc1C(=O)N1CCN(C2CCS(=O)(=O)C2)CC1. The number of hydrogen-bond acceptors (Lipinski definition) is 5. The fourth-order valence-corrected chi connectivity index (χ4v) is 5.30. The van der Waals surface area contributed by atoms with Gasteiger partial charge in [0.2, 0.25) is 0 Å². The van der Waals surface area contributed by atoms with E-state index in [1.165, 1.54) is 7.11 Å². The zero-order valence-electron chi connectivity index (χ0n) is 13.6. The summed E-state index contributed by atoms with van der Waals surface area (Å²) in [5, 5.41) is 0.494. The van der Waals surface area contributed by atoms with Gasteiger partial charge >= 0.3 is 0 Å². The third kappa shape index (κ3) is 3.68. The highest BCUT2D eigenvalue weighted by molar-refractivity contribution is 7.91. The van der Waals surface area contributed by atoms with Crippen LogP contribution in [-0.4, -0.2) is 75.0 Å². The van der Waals surface area contributed by atoms with E-state index in [1.54, 1.807) is 23.1 Å². The number of methoxy groups -OCH3 is 1. The van der Waals surface area contributed by atoms with Crippen LogP contribution in [0.5, 0.6) is 5.75 Å². The summed E-state index contributed by atoms with van der Waals surface area (Å²) >= 11 is 6.00. The van der Waals surface area contributed by atoms with Gasteiger partial charge in [-0.2, -0.15) is 0 Å². The molecule has 0 aliphatic carbocycles. The predicted molar refractivity (Wildman–Crippen MR) is 92.5 cm³/mol. The van der Waals surface area contributed by atoms with Crippen molar-refractivity contribution in [3.05, 3.63) is 28.8 Å². The second kappa shape index (κ2) is 6.90. The first-order valence-corrected chi connectivity index (χ1v) is 10.2. The molecule has 6 nitrogen and oxygen atoms in total. The van der Waals surface area contributed by atoms with Crippen LogP contribution in [0.3, 0.4) is 0 Å². The van der Waals surface area contributed by atoms with E-state index in [2.05, 4.69) is 4.90 Å². The molecule has 132 valence electrons. The van der Waals surface area contributed by atoms with Crippen LogP contribution in [0.1, 0.15) is 16.8 Å². The van der Waals surface area contributed by atoms with Gasteiger partial charge in [-0.3, -0.25) is 9.69 Å². The second-order valence-corrected chi connectivity index (χ2v) is 8.89. The lowest BCUT2D eigenvalue weighted by Gasteiger charge is -2.37. The number of piperazine rings is 1. The van der Waals surface area contributed by atoms with Crippen LogP contribution in [0.25, 0.3) is 0 Å². The van der Waals surface area contributed by atoms with E-state index in [9.17, 15) is 13.2 Å². The molecule has 24 heavy (non-hydrogen) atoms. The van der Waals surface area contributed by atoms with Crippen molar-refractivity contribution in [2.75, 3.05) is 44.8 Å². The van der Waals surface area contributed by atoms with Crippen LogP contribution in [-0.2, 0) is 9.84 Å². The van der Waals surface area contributed by atoms with Crippen molar-refractivity contribution in [3.8, 4) is 5.75 Å². The lowest BCUT2D eigenvalue weighted by atomic mass is 10.1. The number of halogens is 1. The van der Waals surface area contributed by atoms with Crippen molar-refractivity contribution in [2.24, 2.45) is 0 Å². The maximum absolute atomic E-state index is 12.7. The molecule has 0 saturated carbocycles. The second-order valence-electron chi connectivity index (χ2n) is 6.23. The molecule has 2 fully saturated rings. The zero-order valence-corrected chi connectivity index (χ0v) is 15.1. The molecule has 0 N–H and O–H groups in total. The van der Waals surface area contributed by atoms with E-state index >= 15 is 0 Å². The minimum atomic E-state index is -2.88. The van der Waals surface area contributed by atoms with Crippen LogP contribution in [0, 0.1) is 0 Å². The Morgan fingerprint density at radius 3 is 2.54 bits per heavy atom. The molecule has 8 heteroatoms. The summed E-state index contributed by atoms with van der Waals surface area (Å²) in [6, 6.07) is 5.09. The maximum Gasteiger partial charge on any atom is 0.257 e. The summed E-state index contributed by atoms with van der Waals surface area (Å²) in [5.41, 5.74) is 0.460. The van der Waals surface area contributed by atoms with Gasteiger partial charge in [0.15, 0.2) is 9.84 Å². The van der Waals surface area contributed by atoms with Crippen molar-refractivity contribution in [1.82, 2.24) is 9.80 Å². The maximum atomic E-state index is 12.7. The Hall–Kier alpha value is -1.31. The number of rotatable bonds is 3. The molecule has 1 aromatic rings. The normalized spacial score (nSPS) is 24.1. The third-order valence-electron chi connectivity index (χ3n) is 4.72. The summed E-state index contributed by atoms with van der Waals surface area (Å²) < 4.78 is 28.5. The monoisotopic (exact) mass is 372 g/mol. The molecule has 0 aromatic heterocycles. The van der Waals surface area contributed by atoms with E-state index < -0.39 is 9.84 Å². The summed E-state index contributed by atoms with van der Waals surface area (Å²) in [6.45, 7) is 2.53. The average Bonchev–Trinajstić information content (AvgIpc) is 2.94. The molecule has 1 aromatic carbocycles. The Kier molecular flexibility index (Phi) is 5.03. The molecule has 1 atom stereocenters. The first-order valence-electron chi connectivity index (χ1n) is 7.97. The summed E-state index contributed by atoms with van der Waals surface area (Å²) in [4.78, 5) is 16.7. The number of sulfone groups is 1. The number of carbonyl (C=O) groups excluding carboxylic acids is 1. The Labute approximate surface area is 147 Å². The average molecular weight is 373 g/mol. The number of benzene rings is 1. The molecule has 2 aliphatic rings. The Balaban J connectivity index is 1.65. The molecule has 2 heterocycles. The first-order chi connectivity index (χ1) is 11.4. The summed E-state index contributed by atoms with van der Waals surface area (Å²) in [6.07, 6.45) is 0.693. The molecule has 3 rings (SSSR count). The number of ether oxygens (including phenoxy) is 1. The van der Waals surface area contributed by atoms with Crippen molar-refractivity contribution in [1.29, 1.82) is 0 Å².